The fraction of sp³-hybridized carbons (Fsp3) is 0.375. The van der Waals surface area contributed by atoms with Gasteiger partial charge in [0.25, 0.3) is 5.91 Å². The maximum absolute atomic E-state index is 11.9. The summed E-state index contributed by atoms with van der Waals surface area (Å²) in [6, 6.07) is 0. The van der Waals surface area contributed by atoms with Gasteiger partial charge in [0.15, 0.2) is 0 Å². The first-order valence-electron chi connectivity index (χ1n) is 9.79. The van der Waals surface area contributed by atoms with Crippen LogP contribution in [0.25, 0.3) is 0 Å². The van der Waals surface area contributed by atoms with Crippen LogP contribution >= 0.6 is 0 Å². The molecular weight excluding hydrogens is 366 g/mol. The summed E-state index contributed by atoms with van der Waals surface area (Å²) >= 11 is 0. The highest BCUT2D eigenvalue weighted by molar-refractivity contribution is 7.82. The second-order valence-electron chi connectivity index (χ2n) is 6.41. The average Bonchev–Trinajstić information content (AvgIpc) is 2.66. The van der Waals surface area contributed by atoms with E-state index in [4.69, 9.17) is 0 Å². The van der Waals surface area contributed by atoms with E-state index in [-0.39, 0.29) is 0 Å². The van der Waals surface area contributed by atoms with Crippen molar-refractivity contribution in [2.45, 2.75) is 51.9 Å². The molecule has 0 rings (SSSR count). The molecule has 0 aliphatic carbocycles. The van der Waals surface area contributed by atoms with Crippen LogP contribution in [0.4, 0.5) is 0 Å². The first kappa shape index (κ1) is 25.8. The van der Waals surface area contributed by atoms with Crippen molar-refractivity contribution in [3.8, 4) is 0 Å². The number of rotatable bonds is 15. The molecule has 0 aromatic rings. The van der Waals surface area contributed by atoms with E-state index in [0.29, 0.717) is 5.57 Å². The summed E-state index contributed by atoms with van der Waals surface area (Å²) in [5.74, 6) is -0.421. The second-order valence-corrected chi connectivity index (χ2v) is 7.52. The molecule has 28 heavy (non-hydrogen) atoms. The first-order valence-corrected chi connectivity index (χ1v) is 11.3. The van der Waals surface area contributed by atoms with E-state index < -0.39 is 16.9 Å². The molecule has 1 unspecified atom stereocenters. The summed E-state index contributed by atoms with van der Waals surface area (Å²) in [5, 5.41) is 0. The Morgan fingerprint density at radius 2 is 1.61 bits per heavy atom. The van der Waals surface area contributed by atoms with Gasteiger partial charge in [0.1, 0.15) is 11.0 Å². The van der Waals surface area contributed by atoms with Gasteiger partial charge in [0, 0.05) is 11.8 Å². The minimum atomic E-state index is -1.41. The molecule has 1 atom stereocenters. The van der Waals surface area contributed by atoms with Gasteiger partial charge in [-0.05, 0) is 30.1 Å². The molecule has 0 radical (unpaired) electrons. The summed E-state index contributed by atoms with van der Waals surface area (Å²) in [6.07, 6.45) is 24.4. The van der Waals surface area contributed by atoms with Crippen LogP contribution in [-0.4, -0.2) is 16.4 Å². The lowest BCUT2D eigenvalue weighted by Gasteiger charge is -2.03. The zero-order valence-electron chi connectivity index (χ0n) is 17.4. The fourth-order valence-electron chi connectivity index (χ4n) is 2.49. The van der Waals surface area contributed by atoms with E-state index in [1.807, 2.05) is 12.2 Å². The number of hydrogen-bond donors (Lipinski definition) is 1. The highest BCUT2D eigenvalue weighted by Gasteiger charge is 2.05. The molecule has 1 amide bonds. The van der Waals surface area contributed by atoms with Gasteiger partial charge < -0.3 is 0 Å². The molecule has 3 nitrogen and oxygen atoms in total. The Hall–Kier alpha value is -2.20. The van der Waals surface area contributed by atoms with Gasteiger partial charge in [-0.3, -0.25) is 9.52 Å². The van der Waals surface area contributed by atoms with E-state index in [1.165, 1.54) is 50.0 Å². The standard InChI is InChI=1S/C24H35NO2S/c1-6-10-11-12-13-14-16-22(15-7-2)18-17-21(8-3)19-20-23(9-4)24(26)25-28(5)27/h7-9,15,17-20H,2-4,6,10-14,16H2,1,5H3,(H,25,26)/b18-17-,21-19-,22-15-,23-20+. The van der Waals surface area contributed by atoms with E-state index in [0.717, 1.165) is 18.4 Å². The summed E-state index contributed by atoms with van der Waals surface area (Å²) in [4.78, 5) is 11.9. The number of carbonyl (C=O) groups is 1. The SMILES string of the molecule is C=C\C=C(/C=C\C(C=C)=C/C=C(\C=C)C(=O)NS(C)=O)CCCCCCCC. The lowest BCUT2D eigenvalue weighted by Crippen LogP contribution is -2.25. The van der Waals surface area contributed by atoms with Gasteiger partial charge in [0.05, 0.1) is 0 Å². The monoisotopic (exact) mass is 401 g/mol. The van der Waals surface area contributed by atoms with Gasteiger partial charge in [-0.25, -0.2) is 4.21 Å². The first-order chi connectivity index (χ1) is 13.5. The molecule has 0 aromatic carbocycles. The molecule has 0 fully saturated rings. The Bertz CT molecular complexity index is 666. The largest absolute Gasteiger partial charge is 0.271 e. The third-order valence-corrected chi connectivity index (χ3v) is 4.52. The highest BCUT2D eigenvalue weighted by Crippen LogP contribution is 2.14. The van der Waals surface area contributed by atoms with Crippen LogP contribution in [0, 0.1) is 0 Å². The Labute approximate surface area is 174 Å². The smallest absolute Gasteiger partial charge is 0.262 e. The molecule has 0 heterocycles. The molecule has 0 spiro atoms. The zero-order chi connectivity index (χ0) is 21.2. The summed E-state index contributed by atoms with van der Waals surface area (Å²) < 4.78 is 13.5. The van der Waals surface area contributed by atoms with Crippen LogP contribution < -0.4 is 4.72 Å². The van der Waals surface area contributed by atoms with Crippen molar-refractivity contribution < 1.29 is 9.00 Å². The van der Waals surface area contributed by atoms with Gasteiger partial charge in [-0.15, -0.1) is 0 Å². The molecular formula is C24H35NO2S. The van der Waals surface area contributed by atoms with Gasteiger partial charge in [-0.2, -0.15) is 0 Å². The Kier molecular flexibility index (Phi) is 15.6. The number of allylic oxidation sites excluding steroid dienone is 9. The van der Waals surface area contributed by atoms with Crippen LogP contribution in [0.2, 0.25) is 0 Å². The van der Waals surface area contributed by atoms with Gasteiger partial charge in [0.2, 0.25) is 0 Å². The van der Waals surface area contributed by atoms with Crippen molar-refractivity contribution in [1.82, 2.24) is 4.72 Å². The fourth-order valence-corrected chi connectivity index (χ4v) is 2.87. The minimum Gasteiger partial charge on any atom is -0.271 e. The van der Waals surface area contributed by atoms with E-state index in [1.54, 1.807) is 24.3 Å². The van der Waals surface area contributed by atoms with Crippen molar-refractivity contribution in [1.29, 1.82) is 0 Å². The Balaban J connectivity index is 4.98. The quantitative estimate of drug-likeness (QED) is 0.206. The van der Waals surface area contributed by atoms with Crippen LogP contribution in [-0.2, 0) is 15.8 Å². The van der Waals surface area contributed by atoms with Crippen LogP contribution in [0.5, 0.6) is 0 Å². The van der Waals surface area contributed by atoms with Crippen LogP contribution in [0.1, 0.15) is 51.9 Å². The minimum absolute atomic E-state index is 0.344. The Morgan fingerprint density at radius 1 is 0.929 bits per heavy atom. The predicted molar refractivity (Wildman–Crippen MR) is 124 cm³/mol. The molecule has 0 saturated heterocycles. The van der Waals surface area contributed by atoms with Crippen LogP contribution in [0.15, 0.2) is 85.1 Å². The molecule has 154 valence electrons. The molecule has 0 saturated carbocycles. The molecule has 0 aliphatic heterocycles. The zero-order valence-corrected chi connectivity index (χ0v) is 18.2. The average molecular weight is 402 g/mol. The molecule has 4 heteroatoms. The number of unbranched alkanes of at least 4 members (excludes halogenated alkanes) is 5. The highest BCUT2D eigenvalue weighted by atomic mass is 32.2. The summed E-state index contributed by atoms with van der Waals surface area (Å²) in [5.41, 5.74) is 2.42. The van der Waals surface area contributed by atoms with E-state index in [2.05, 4.69) is 37.5 Å². The summed E-state index contributed by atoms with van der Waals surface area (Å²) in [6.45, 7) is 13.5. The van der Waals surface area contributed by atoms with Crippen molar-refractivity contribution in [3.05, 3.63) is 85.1 Å². The normalized spacial score (nSPS) is 14.0. The van der Waals surface area contributed by atoms with E-state index >= 15 is 0 Å². The predicted octanol–water partition coefficient (Wildman–Crippen LogP) is 6.04. The van der Waals surface area contributed by atoms with Crippen molar-refractivity contribution in [2.24, 2.45) is 0 Å². The lowest BCUT2D eigenvalue weighted by atomic mass is 10.0. The Morgan fingerprint density at radius 3 is 2.18 bits per heavy atom. The van der Waals surface area contributed by atoms with Crippen molar-refractivity contribution in [2.75, 3.05) is 6.26 Å². The summed E-state index contributed by atoms with van der Waals surface area (Å²) in [7, 11) is -1.41. The third kappa shape index (κ3) is 13.0. The molecule has 0 aliphatic rings. The van der Waals surface area contributed by atoms with Crippen molar-refractivity contribution >= 4 is 16.9 Å². The number of nitrogens with one attached hydrogen (secondary N) is 1. The maximum Gasteiger partial charge on any atom is 0.262 e. The van der Waals surface area contributed by atoms with Crippen molar-refractivity contribution in [3.63, 3.8) is 0 Å². The second kappa shape index (κ2) is 16.9. The van der Waals surface area contributed by atoms with Crippen LogP contribution in [0.3, 0.4) is 0 Å². The molecule has 0 aromatic heterocycles. The number of hydrogen-bond acceptors (Lipinski definition) is 2. The topological polar surface area (TPSA) is 46.2 Å². The molecule has 0 bridgehead atoms. The van der Waals surface area contributed by atoms with Gasteiger partial charge in [-0.1, -0.05) is 101 Å². The number of amides is 1. The number of carbonyl (C=O) groups excluding carboxylic acids is 1. The lowest BCUT2D eigenvalue weighted by molar-refractivity contribution is -0.115. The third-order valence-electron chi connectivity index (χ3n) is 4.05. The van der Waals surface area contributed by atoms with Gasteiger partial charge >= 0.3 is 0 Å². The maximum atomic E-state index is 11.9. The molecule has 1 N–H and O–H groups in total. The van der Waals surface area contributed by atoms with E-state index in [9.17, 15) is 9.00 Å².